The van der Waals surface area contributed by atoms with Gasteiger partial charge in [-0.15, -0.1) is 17.8 Å². The summed E-state index contributed by atoms with van der Waals surface area (Å²) in [6, 6.07) is 0. The molecule has 5 unspecified atom stereocenters. The fourth-order valence-corrected chi connectivity index (χ4v) is 4.86. The number of nitrogens with zero attached hydrogens (tertiary/aromatic N) is 2. The first-order chi connectivity index (χ1) is 6.43. The molecule has 0 bridgehead atoms. The Morgan fingerprint density at radius 1 is 1.43 bits per heavy atom. The summed E-state index contributed by atoms with van der Waals surface area (Å²) in [5, 5.41) is 0. The van der Waals surface area contributed by atoms with Gasteiger partial charge in [0, 0.05) is 4.66 Å². The van der Waals surface area contributed by atoms with E-state index in [0.717, 1.165) is 6.92 Å². The van der Waals surface area contributed by atoms with Crippen molar-refractivity contribution in [1.82, 2.24) is 9.33 Å². The van der Waals surface area contributed by atoms with E-state index in [1.807, 2.05) is 0 Å². The van der Waals surface area contributed by atoms with E-state index in [0.29, 0.717) is 0 Å². The van der Waals surface area contributed by atoms with Gasteiger partial charge >= 0.3 is 17.1 Å². The highest BCUT2D eigenvalue weighted by Gasteiger charge is 2.52. The maximum Gasteiger partial charge on any atom is 0.456 e. The van der Waals surface area contributed by atoms with Gasteiger partial charge in [0.1, 0.15) is 0 Å². The van der Waals surface area contributed by atoms with Crippen LogP contribution < -0.4 is 4.60 Å². The molecule has 1 N–H and O–H groups in total. The van der Waals surface area contributed by atoms with Crippen LogP contribution in [-0.4, -0.2) is 15.7 Å². The first-order valence-corrected chi connectivity index (χ1v) is 6.48. The van der Waals surface area contributed by atoms with Gasteiger partial charge in [0.05, 0.1) is 0 Å². The van der Waals surface area contributed by atoms with E-state index < -0.39 is 46.2 Å². The number of alkyl halides is 1. The Labute approximate surface area is 80.6 Å². The van der Waals surface area contributed by atoms with Gasteiger partial charge in [-0.25, -0.2) is 4.39 Å². The van der Waals surface area contributed by atoms with Crippen LogP contribution in [0.15, 0.2) is 0 Å². The SMILES string of the molecule is CC(F)O[NH+]1PN(F)P(F)N(F)P1F. The second kappa shape index (κ2) is 5.21. The number of halogens is 5. The predicted octanol–water partition coefficient (Wildman–Crippen LogP) is 2.41. The van der Waals surface area contributed by atoms with Gasteiger partial charge in [0.25, 0.3) is 6.36 Å². The molecule has 0 aromatic rings. The lowest BCUT2D eigenvalue weighted by atomic mass is 10.8. The van der Waals surface area contributed by atoms with Crippen molar-refractivity contribution < 1.29 is 31.2 Å². The molecule has 0 amide bonds. The van der Waals surface area contributed by atoms with Crippen LogP contribution in [0.2, 0.25) is 0 Å². The topological polar surface area (TPSA) is 20.2 Å². The fourth-order valence-electron chi connectivity index (χ4n) is 0.590. The molecule has 0 saturated carbocycles. The molecule has 1 saturated heterocycles. The Bertz CT molecular complexity index is 201. The summed E-state index contributed by atoms with van der Waals surface area (Å²) in [6.07, 6.45) is -1.89. The Balaban J connectivity index is 2.60. The molecular formula is C2H6F5N3OP3+. The van der Waals surface area contributed by atoms with Crippen LogP contribution in [0.5, 0.6) is 0 Å². The molecule has 0 aliphatic carbocycles. The summed E-state index contributed by atoms with van der Waals surface area (Å²) in [4.78, 5) is 4.19. The zero-order chi connectivity index (χ0) is 10.9. The van der Waals surface area contributed by atoms with Crippen molar-refractivity contribution in [3.63, 3.8) is 0 Å². The number of nitrogens with one attached hydrogen (secondary N) is 1. The Hall–Kier alpha value is 0.780. The quantitative estimate of drug-likeness (QED) is 0.475. The second-order valence-electron chi connectivity index (χ2n) is 2.08. The molecule has 0 spiro atoms. The van der Waals surface area contributed by atoms with Gasteiger partial charge in [-0.3, -0.25) is 0 Å². The molecule has 12 heteroatoms. The van der Waals surface area contributed by atoms with E-state index in [1.165, 1.54) is 0 Å². The number of quaternary nitrogens is 1. The largest absolute Gasteiger partial charge is 0.456 e. The monoisotopic (exact) mass is 276 g/mol. The molecule has 5 atom stereocenters. The van der Waals surface area contributed by atoms with Crippen molar-refractivity contribution in [2.75, 3.05) is 0 Å². The van der Waals surface area contributed by atoms with Gasteiger partial charge in [0.2, 0.25) is 8.88 Å². The van der Waals surface area contributed by atoms with Crippen molar-refractivity contribution >= 4 is 25.9 Å². The van der Waals surface area contributed by atoms with Gasteiger partial charge in [-0.05, 0) is 11.6 Å². The summed E-state index contributed by atoms with van der Waals surface area (Å²) >= 11 is 0. The second-order valence-corrected chi connectivity index (χ2v) is 6.72. The van der Waals surface area contributed by atoms with E-state index in [2.05, 4.69) is 4.84 Å². The lowest BCUT2D eigenvalue weighted by Crippen LogP contribution is -2.99. The molecule has 1 rings (SSSR count). The van der Waals surface area contributed by atoms with Gasteiger partial charge in [-0.2, -0.15) is 9.03 Å². The highest BCUT2D eigenvalue weighted by atomic mass is 31.3. The number of rotatable bonds is 2. The zero-order valence-electron chi connectivity index (χ0n) is 6.66. The zero-order valence-corrected chi connectivity index (χ0v) is 9.45. The Morgan fingerprint density at radius 2 is 2.00 bits per heavy atom. The van der Waals surface area contributed by atoms with Crippen LogP contribution in [0, 0.1) is 0 Å². The Kier molecular flexibility index (Phi) is 4.78. The molecule has 0 aromatic carbocycles. The van der Waals surface area contributed by atoms with Crippen molar-refractivity contribution in [2.24, 2.45) is 0 Å². The minimum atomic E-state index is -3.43. The van der Waals surface area contributed by atoms with Gasteiger partial charge in [-0.1, -0.05) is 0 Å². The summed E-state index contributed by atoms with van der Waals surface area (Å²) in [5.74, 6) is 0. The third kappa shape index (κ3) is 2.89. The third-order valence-electron chi connectivity index (χ3n) is 1.06. The standard InChI is InChI=1S/C2H5F5N3OP3/c1-2(3)11-10-12-8(4)13(6)9(5)14(10)7/h2,12H,1H3/p+1. The van der Waals surface area contributed by atoms with Gasteiger partial charge < -0.3 is 0 Å². The molecule has 14 heavy (non-hydrogen) atoms. The fraction of sp³-hybridized carbons (Fsp3) is 1.00. The van der Waals surface area contributed by atoms with Crippen LogP contribution in [0.3, 0.4) is 0 Å². The average Bonchev–Trinajstić information content (AvgIpc) is 2.10. The highest BCUT2D eigenvalue weighted by Crippen LogP contribution is 2.64. The molecule has 4 nitrogen and oxygen atoms in total. The Morgan fingerprint density at radius 3 is 2.50 bits per heavy atom. The van der Waals surface area contributed by atoms with Crippen LogP contribution in [0.4, 0.5) is 21.7 Å². The molecule has 1 heterocycles. The minimum Gasteiger partial charge on any atom is -0.210 e. The van der Waals surface area contributed by atoms with Crippen LogP contribution >= 0.6 is 25.9 Å². The molecule has 0 aromatic heterocycles. The van der Waals surface area contributed by atoms with Crippen molar-refractivity contribution in [3.05, 3.63) is 0 Å². The first kappa shape index (κ1) is 12.8. The summed E-state index contributed by atoms with van der Waals surface area (Å²) in [5.41, 5.74) is 0. The smallest absolute Gasteiger partial charge is 0.210 e. The summed E-state index contributed by atoms with van der Waals surface area (Å²) in [6.45, 7) is 0.929. The number of hydrogen-bond acceptors (Lipinski definition) is 3. The predicted molar refractivity (Wildman–Crippen MR) is 42.9 cm³/mol. The van der Waals surface area contributed by atoms with Crippen LogP contribution in [-0.2, 0) is 4.84 Å². The molecule has 1 fully saturated rings. The number of hydrogen-bond donors (Lipinski definition) is 1. The van der Waals surface area contributed by atoms with Crippen LogP contribution in [0.25, 0.3) is 0 Å². The van der Waals surface area contributed by atoms with E-state index in [4.69, 9.17) is 0 Å². The molecule has 0 radical (unpaired) electrons. The van der Waals surface area contributed by atoms with Gasteiger partial charge in [0.15, 0.2) is 0 Å². The maximum atomic E-state index is 12.9. The first-order valence-electron chi connectivity index (χ1n) is 3.21. The normalized spacial score (nSPS) is 40.3. The maximum absolute atomic E-state index is 12.9. The molecule has 1 aliphatic rings. The lowest BCUT2D eigenvalue weighted by molar-refractivity contribution is -0.897. The average molecular weight is 276 g/mol. The van der Waals surface area contributed by atoms with E-state index in [1.54, 1.807) is 0 Å². The van der Waals surface area contributed by atoms with E-state index >= 15 is 0 Å². The van der Waals surface area contributed by atoms with Crippen molar-refractivity contribution in [3.8, 4) is 0 Å². The minimum absolute atomic E-state index is 0.536. The van der Waals surface area contributed by atoms with E-state index in [-0.39, 0.29) is 0 Å². The summed E-state index contributed by atoms with van der Waals surface area (Å²) in [7, 11) is -7.78. The molecular weight excluding hydrogens is 270 g/mol. The third-order valence-corrected chi connectivity index (χ3v) is 5.40. The summed E-state index contributed by atoms with van der Waals surface area (Å²) < 4.78 is 60.6. The highest BCUT2D eigenvalue weighted by molar-refractivity contribution is 7.69. The van der Waals surface area contributed by atoms with Crippen molar-refractivity contribution in [1.29, 1.82) is 0 Å². The molecule has 1 aliphatic heterocycles. The molecule has 84 valence electrons. The van der Waals surface area contributed by atoms with Crippen molar-refractivity contribution in [2.45, 2.75) is 13.3 Å². The van der Waals surface area contributed by atoms with E-state index in [9.17, 15) is 21.7 Å². The lowest BCUT2D eigenvalue weighted by Gasteiger charge is -2.29. The van der Waals surface area contributed by atoms with Crippen LogP contribution in [0.1, 0.15) is 6.92 Å².